The SMILES string of the molecule is C=CCNC(=S)N1CCN(C(=S)NCC=C)C(C)C1. The average molecular weight is 298 g/mol. The fraction of sp³-hybridized carbons (Fsp3) is 0.538. The highest BCUT2D eigenvalue weighted by Crippen LogP contribution is 2.10. The molecular formula is C13H22N4S2. The van der Waals surface area contributed by atoms with E-state index >= 15 is 0 Å². The number of piperazine rings is 1. The first-order chi connectivity index (χ1) is 9.10. The van der Waals surface area contributed by atoms with Crippen molar-refractivity contribution in [2.75, 3.05) is 32.7 Å². The zero-order chi connectivity index (χ0) is 14.3. The first-order valence-electron chi connectivity index (χ1n) is 6.39. The van der Waals surface area contributed by atoms with Crippen LogP contribution in [0.3, 0.4) is 0 Å². The Balaban J connectivity index is 2.46. The summed E-state index contributed by atoms with van der Waals surface area (Å²) in [5.74, 6) is 0. The molecule has 1 aliphatic heterocycles. The molecule has 106 valence electrons. The molecule has 0 aromatic heterocycles. The maximum absolute atomic E-state index is 5.38. The van der Waals surface area contributed by atoms with Crippen molar-refractivity contribution >= 4 is 34.7 Å². The molecule has 1 aliphatic rings. The molecule has 1 heterocycles. The van der Waals surface area contributed by atoms with E-state index in [4.69, 9.17) is 24.4 Å². The van der Waals surface area contributed by atoms with Gasteiger partial charge in [-0.2, -0.15) is 0 Å². The second-order valence-electron chi connectivity index (χ2n) is 4.44. The van der Waals surface area contributed by atoms with Crippen LogP contribution in [0.4, 0.5) is 0 Å². The molecule has 19 heavy (non-hydrogen) atoms. The van der Waals surface area contributed by atoms with Gasteiger partial charge in [-0.3, -0.25) is 0 Å². The zero-order valence-electron chi connectivity index (χ0n) is 11.4. The molecule has 6 heteroatoms. The van der Waals surface area contributed by atoms with E-state index in [1.807, 2.05) is 6.08 Å². The van der Waals surface area contributed by atoms with Gasteiger partial charge >= 0.3 is 0 Å². The number of hydrogen-bond donors (Lipinski definition) is 2. The summed E-state index contributed by atoms with van der Waals surface area (Å²) in [6.07, 6.45) is 3.61. The van der Waals surface area contributed by atoms with E-state index in [2.05, 4.69) is 40.5 Å². The highest BCUT2D eigenvalue weighted by atomic mass is 32.1. The summed E-state index contributed by atoms with van der Waals surface area (Å²) >= 11 is 10.7. The Labute approximate surface area is 126 Å². The summed E-state index contributed by atoms with van der Waals surface area (Å²) in [7, 11) is 0. The van der Waals surface area contributed by atoms with Crippen molar-refractivity contribution in [1.82, 2.24) is 20.4 Å². The molecule has 1 unspecified atom stereocenters. The average Bonchev–Trinajstić information content (AvgIpc) is 2.41. The Morgan fingerprint density at radius 1 is 1.16 bits per heavy atom. The fourth-order valence-corrected chi connectivity index (χ4v) is 2.58. The summed E-state index contributed by atoms with van der Waals surface area (Å²) in [5.41, 5.74) is 0. The van der Waals surface area contributed by atoms with Gasteiger partial charge in [-0.25, -0.2) is 0 Å². The van der Waals surface area contributed by atoms with E-state index in [0.717, 1.165) is 29.9 Å². The Kier molecular flexibility index (Phi) is 6.80. The summed E-state index contributed by atoms with van der Waals surface area (Å²) in [6.45, 7) is 13.5. The molecule has 4 nitrogen and oxygen atoms in total. The van der Waals surface area contributed by atoms with Crippen LogP contribution >= 0.6 is 24.4 Å². The van der Waals surface area contributed by atoms with Gasteiger partial charge in [0.15, 0.2) is 10.2 Å². The predicted octanol–water partition coefficient (Wildman–Crippen LogP) is 1.11. The van der Waals surface area contributed by atoms with Gasteiger partial charge in [0.2, 0.25) is 0 Å². The topological polar surface area (TPSA) is 30.5 Å². The van der Waals surface area contributed by atoms with Crippen molar-refractivity contribution in [2.24, 2.45) is 0 Å². The number of thiocarbonyl (C=S) groups is 2. The molecule has 2 N–H and O–H groups in total. The third-order valence-electron chi connectivity index (χ3n) is 2.97. The van der Waals surface area contributed by atoms with Gasteiger partial charge in [-0.1, -0.05) is 12.2 Å². The van der Waals surface area contributed by atoms with Crippen LogP contribution in [0.1, 0.15) is 6.92 Å². The van der Waals surface area contributed by atoms with Crippen molar-refractivity contribution in [1.29, 1.82) is 0 Å². The van der Waals surface area contributed by atoms with E-state index in [0.29, 0.717) is 19.1 Å². The van der Waals surface area contributed by atoms with Crippen molar-refractivity contribution in [3.05, 3.63) is 25.3 Å². The van der Waals surface area contributed by atoms with Crippen molar-refractivity contribution in [3.8, 4) is 0 Å². The maximum atomic E-state index is 5.38. The van der Waals surface area contributed by atoms with Crippen LogP contribution in [0.2, 0.25) is 0 Å². The first kappa shape index (κ1) is 15.9. The molecule has 0 aromatic carbocycles. The van der Waals surface area contributed by atoms with E-state index < -0.39 is 0 Å². The lowest BCUT2D eigenvalue weighted by atomic mass is 10.2. The molecular weight excluding hydrogens is 276 g/mol. The molecule has 0 aliphatic carbocycles. The summed E-state index contributed by atoms with van der Waals surface area (Å²) in [6, 6.07) is 0.335. The van der Waals surface area contributed by atoms with Crippen molar-refractivity contribution < 1.29 is 0 Å². The normalized spacial score (nSPS) is 18.7. The predicted molar refractivity (Wildman–Crippen MR) is 89.3 cm³/mol. The minimum absolute atomic E-state index is 0.335. The minimum Gasteiger partial charge on any atom is -0.359 e. The largest absolute Gasteiger partial charge is 0.359 e. The molecule has 1 rings (SSSR count). The smallest absolute Gasteiger partial charge is 0.169 e. The van der Waals surface area contributed by atoms with Gasteiger partial charge in [0.25, 0.3) is 0 Å². The van der Waals surface area contributed by atoms with Gasteiger partial charge in [-0.15, -0.1) is 13.2 Å². The molecule has 0 aromatic rings. The van der Waals surface area contributed by atoms with Crippen LogP contribution in [0.15, 0.2) is 25.3 Å². The first-order valence-corrected chi connectivity index (χ1v) is 7.20. The van der Waals surface area contributed by atoms with Gasteiger partial charge in [-0.05, 0) is 31.4 Å². The highest BCUT2D eigenvalue weighted by molar-refractivity contribution is 7.80. The van der Waals surface area contributed by atoms with E-state index in [1.54, 1.807) is 6.08 Å². The molecule has 0 saturated carbocycles. The quantitative estimate of drug-likeness (QED) is 0.597. The fourth-order valence-electron chi connectivity index (χ4n) is 1.98. The number of nitrogens with one attached hydrogen (secondary N) is 2. The van der Waals surface area contributed by atoms with Gasteiger partial charge in [0.05, 0.1) is 0 Å². The zero-order valence-corrected chi connectivity index (χ0v) is 13.0. The molecule has 1 fully saturated rings. The molecule has 0 amide bonds. The van der Waals surface area contributed by atoms with Crippen molar-refractivity contribution in [3.63, 3.8) is 0 Å². The maximum Gasteiger partial charge on any atom is 0.169 e. The van der Waals surface area contributed by atoms with E-state index in [-0.39, 0.29) is 0 Å². The second-order valence-corrected chi connectivity index (χ2v) is 5.21. The minimum atomic E-state index is 0.335. The Morgan fingerprint density at radius 3 is 2.26 bits per heavy atom. The van der Waals surface area contributed by atoms with Crippen LogP contribution in [-0.4, -0.2) is 58.8 Å². The standard InChI is InChI=1S/C13H22N4S2/c1-4-6-14-12(18)16-8-9-17(11(3)10-16)13(19)15-7-5-2/h4-5,11H,1-2,6-10H2,3H3,(H,14,18)(H,15,19). The monoisotopic (exact) mass is 298 g/mol. The van der Waals surface area contributed by atoms with Gasteiger partial charge in [0, 0.05) is 38.8 Å². The summed E-state index contributed by atoms with van der Waals surface area (Å²) in [4.78, 5) is 4.38. The lowest BCUT2D eigenvalue weighted by molar-refractivity contribution is 0.193. The Morgan fingerprint density at radius 2 is 1.74 bits per heavy atom. The lowest BCUT2D eigenvalue weighted by Gasteiger charge is -2.42. The van der Waals surface area contributed by atoms with Gasteiger partial charge < -0.3 is 20.4 Å². The molecule has 0 spiro atoms. The van der Waals surface area contributed by atoms with E-state index in [1.165, 1.54) is 0 Å². The third kappa shape index (κ3) is 4.80. The van der Waals surface area contributed by atoms with Gasteiger partial charge in [0.1, 0.15) is 0 Å². The van der Waals surface area contributed by atoms with Crippen LogP contribution in [0.5, 0.6) is 0 Å². The summed E-state index contributed by atoms with van der Waals surface area (Å²) < 4.78 is 0. The van der Waals surface area contributed by atoms with Crippen LogP contribution in [-0.2, 0) is 0 Å². The Hall–Kier alpha value is -1.14. The molecule has 1 saturated heterocycles. The third-order valence-corrected chi connectivity index (χ3v) is 3.75. The highest BCUT2D eigenvalue weighted by Gasteiger charge is 2.26. The van der Waals surface area contributed by atoms with Crippen LogP contribution in [0.25, 0.3) is 0 Å². The molecule has 0 radical (unpaired) electrons. The Bertz CT molecular complexity index is 357. The second kappa shape index (κ2) is 8.12. The van der Waals surface area contributed by atoms with Crippen LogP contribution in [0, 0.1) is 0 Å². The summed E-state index contributed by atoms with van der Waals surface area (Å²) in [5, 5.41) is 7.91. The van der Waals surface area contributed by atoms with E-state index in [9.17, 15) is 0 Å². The number of hydrogen-bond acceptors (Lipinski definition) is 2. The number of nitrogens with zero attached hydrogens (tertiary/aromatic N) is 2. The number of rotatable bonds is 4. The van der Waals surface area contributed by atoms with Crippen LogP contribution < -0.4 is 10.6 Å². The lowest BCUT2D eigenvalue weighted by Crippen LogP contribution is -2.59. The molecule has 1 atom stereocenters. The molecule has 0 bridgehead atoms. The van der Waals surface area contributed by atoms with Crippen molar-refractivity contribution in [2.45, 2.75) is 13.0 Å².